The molecule has 3 aromatic heterocycles. The van der Waals surface area contributed by atoms with E-state index in [4.69, 9.17) is 4.74 Å². The lowest BCUT2D eigenvalue weighted by atomic mass is 10.2. The number of hydrogen-bond donors (Lipinski definition) is 2. The predicted molar refractivity (Wildman–Crippen MR) is 94.5 cm³/mol. The summed E-state index contributed by atoms with van der Waals surface area (Å²) >= 11 is 0. The highest BCUT2D eigenvalue weighted by Crippen LogP contribution is 2.25. The number of pyridine rings is 2. The van der Waals surface area contributed by atoms with Crippen LogP contribution in [0.4, 0.5) is 14.6 Å². The van der Waals surface area contributed by atoms with E-state index in [-0.39, 0.29) is 17.7 Å². The Kier molecular flexibility index (Phi) is 4.52. The third-order valence-corrected chi connectivity index (χ3v) is 4.59. The van der Waals surface area contributed by atoms with Gasteiger partial charge in [0.15, 0.2) is 0 Å². The fourth-order valence-corrected chi connectivity index (χ4v) is 3.21. The van der Waals surface area contributed by atoms with Gasteiger partial charge >= 0.3 is 0 Å². The molecular weight excluding hydrogens is 340 g/mol. The van der Waals surface area contributed by atoms with Crippen LogP contribution in [0.5, 0.6) is 0 Å². The molecule has 136 valence electrons. The van der Waals surface area contributed by atoms with Crippen LogP contribution >= 0.6 is 0 Å². The number of anilines is 1. The van der Waals surface area contributed by atoms with E-state index in [1.165, 1.54) is 12.3 Å². The summed E-state index contributed by atoms with van der Waals surface area (Å²) < 4.78 is 33.1. The van der Waals surface area contributed by atoms with Crippen molar-refractivity contribution in [1.82, 2.24) is 19.7 Å². The molecule has 8 heteroatoms. The molecule has 1 saturated heterocycles. The van der Waals surface area contributed by atoms with Gasteiger partial charge in [0.2, 0.25) is 0 Å². The Hall–Kier alpha value is -2.58. The van der Waals surface area contributed by atoms with Crippen LogP contribution < -0.4 is 10.6 Å². The van der Waals surface area contributed by atoms with E-state index in [2.05, 4.69) is 20.6 Å². The van der Waals surface area contributed by atoms with Crippen molar-refractivity contribution in [2.75, 3.05) is 25.5 Å². The summed E-state index contributed by atoms with van der Waals surface area (Å²) in [6.45, 7) is 1.58. The Labute approximate surface area is 149 Å². The second kappa shape index (κ2) is 6.97. The Morgan fingerprint density at radius 1 is 1.27 bits per heavy atom. The Morgan fingerprint density at radius 3 is 2.96 bits per heavy atom. The van der Waals surface area contributed by atoms with Crippen LogP contribution in [0.3, 0.4) is 0 Å². The molecule has 0 spiro atoms. The molecule has 4 heterocycles. The molecular formula is C18H19F2N5O. The topological polar surface area (TPSA) is 63.5 Å². The van der Waals surface area contributed by atoms with Crippen molar-refractivity contribution in [1.29, 1.82) is 0 Å². The minimum Gasteiger partial charge on any atom is -0.378 e. The number of hydrogen-bond acceptors (Lipinski definition) is 5. The zero-order valence-corrected chi connectivity index (χ0v) is 14.2. The van der Waals surface area contributed by atoms with Gasteiger partial charge in [0.25, 0.3) is 6.43 Å². The van der Waals surface area contributed by atoms with Crippen molar-refractivity contribution in [2.24, 2.45) is 0 Å². The molecule has 1 fully saturated rings. The molecule has 2 unspecified atom stereocenters. The number of nitrogens with zero attached hydrogens (tertiary/aromatic N) is 3. The normalized spacial score (nSPS) is 20.2. The van der Waals surface area contributed by atoms with Crippen molar-refractivity contribution in [3.05, 3.63) is 48.3 Å². The van der Waals surface area contributed by atoms with Crippen LogP contribution in [0.1, 0.15) is 12.0 Å². The van der Waals surface area contributed by atoms with Gasteiger partial charge in [0.05, 0.1) is 29.7 Å². The van der Waals surface area contributed by atoms with Gasteiger partial charge in [-0.15, -0.1) is 0 Å². The molecule has 1 aliphatic heterocycles. The molecule has 2 atom stereocenters. The maximum atomic E-state index is 13.0. The second-order valence-electron chi connectivity index (χ2n) is 6.23. The maximum Gasteiger partial charge on any atom is 0.265 e. The molecule has 0 amide bonds. The molecule has 1 aliphatic rings. The van der Waals surface area contributed by atoms with E-state index in [0.29, 0.717) is 22.9 Å². The summed E-state index contributed by atoms with van der Waals surface area (Å²) in [7, 11) is 1.69. The van der Waals surface area contributed by atoms with Gasteiger partial charge in [-0.2, -0.15) is 0 Å². The van der Waals surface area contributed by atoms with E-state index < -0.39 is 6.43 Å². The SMILES string of the molecule is COC1CNCC1Nc1cccc(-c2cnc3ccc(C(F)F)cn23)n1. The Bertz CT molecular complexity index is 913. The van der Waals surface area contributed by atoms with Crippen LogP contribution in [0.2, 0.25) is 0 Å². The van der Waals surface area contributed by atoms with Crippen LogP contribution in [0.15, 0.2) is 42.7 Å². The average molecular weight is 359 g/mol. The number of imidazole rings is 1. The van der Waals surface area contributed by atoms with Gasteiger partial charge in [0.1, 0.15) is 11.5 Å². The first-order chi connectivity index (χ1) is 12.7. The Morgan fingerprint density at radius 2 is 2.15 bits per heavy atom. The highest BCUT2D eigenvalue weighted by Gasteiger charge is 2.27. The smallest absolute Gasteiger partial charge is 0.265 e. The third kappa shape index (κ3) is 3.13. The summed E-state index contributed by atoms with van der Waals surface area (Å²) in [4.78, 5) is 8.91. The summed E-state index contributed by atoms with van der Waals surface area (Å²) in [6.07, 6.45) is 0.596. The first kappa shape index (κ1) is 16.9. The van der Waals surface area contributed by atoms with Crippen molar-refractivity contribution >= 4 is 11.5 Å². The standard InChI is InChI=1S/C18H19F2N5O/c1-26-15-9-21-7-13(15)24-16-4-2-3-12(23-16)14-8-22-17-6-5-11(18(19)20)10-25(14)17/h2-6,8,10,13,15,18,21H,7,9H2,1H3,(H,23,24). The van der Waals surface area contributed by atoms with Gasteiger partial charge in [-0.25, -0.2) is 18.7 Å². The predicted octanol–water partition coefficient (Wildman–Crippen LogP) is 2.73. The van der Waals surface area contributed by atoms with Gasteiger partial charge in [-0.1, -0.05) is 6.07 Å². The third-order valence-electron chi connectivity index (χ3n) is 4.59. The van der Waals surface area contributed by atoms with E-state index in [1.54, 1.807) is 23.8 Å². The summed E-state index contributed by atoms with van der Waals surface area (Å²) in [5.74, 6) is 0.707. The van der Waals surface area contributed by atoms with Gasteiger partial charge < -0.3 is 15.4 Å². The second-order valence-corrected chi connectivity index (χ2v) is 6.23. The number of halogens is 2. The fourth-order valence-electron chi connectivity index (χ4n) is 3.21. The maximum absolute atomic E-state index is 13.0. The van der Waals surface area contributed by atoms with Gasteiger partial charge in [-0.05, 0) is 24.3 Å². The van der Waals surface area contributed by atoms with Crippen LogP contribution in [0, 0.1) is 0 Å². The minimum absolute atomic E-state index is 0.0500. The van der Waals surface area contributed by atoms with Crippen molar-refractivity contribution in [3.63, 3.8) is 0 Å². The van der Waals surface area contributed by atoms with Crippen LogP contribution in [0.25, 0.3) is 17.0 Å². The monoisotopic (exact) mass is 359 g/mol. The van der Waals surface area contributed by atoms with E-state index in [0.717, 1.165) is 13.1 Å². The Balaban J connectivity index is 1.66. The lowest BCUT2D eigenvalue weighted by molar-refractivity contribution is 0.111. The van der Waals surface area contributed by atoms with Crippen LogP contribution in [-0.4, -0.2) is 46.7 Å². The number of fused-ring (bicyclic) bond motifs is 1. The largest absolute Gasteiger partial charge is 0.378 e. The first-order valence-electron chi connectivity index (χ1n) is 8.38. The van der Waals surface area contributed by atoms with E-state index in [1.807, 2.05) is 18.2 Å². The highest BCUT2D eigenvalue weighted by molar-refractivity contribution is 5.62. The minimum atomic E-state index is -2.53. The zero-order chi connectivity index (χ0) is 18.1. The molecule has 3 aromatic rings. The van der Waals surface area contributed by atoms with E-state index >= 15 is 0 Å². The number of nitrogens with one attached hydrogen (secondary N) is 2. The lowest BCUT2D eigenvalue weighted by Gasteiger charge is -2.19. The number of ether oxygens (including phenoxy) is 1. The molecule has 0 aliphatic carbocycles. The molecule has 4 rings (SSSR count). The van der Waals surface area contributed by atoms with Crippen molar-refractivity contribution in [2.45, 2.75) is 18.6 Å². The molecule has 6 nitrogen and oxygen atoms in total. The summed E-state index contributed by atoms with van der Waals surface area (Å²) in [6, 6.07) is 8.69. The molecule has 0 radical (unpaired) electrons. The average Bonchev–Trinajstić information content (AvgIpc) is 3.27. The van der Waals surface area contributed by atoms with Gasteiger partial charge in [-0.3, -0.25) is 4.40 Å². The van der Waals surface area contributed by atoms with E-state index in [9.17, 15) is 8.78 Å². The number of alkyl halides is 2. The number of aromatic nitrogens is 3. The molecule has 26 heavy (non-hydrogen) atoms. The van der Waals surface area contributed by atoms with Crippen LogP contribution in [-0.2, 0) is 4.74 Å². The molecule has 0 bridgehead atoms. The lowest BCUT2D eigenvalue weighted by Crippen LogP contribution is -2.33. The molecule has 2 N–H and O–H groups in total. The first-order valence-corrected chi connectivity index (χ1v) is 8.38. The number of methoxy groups -OCH3 is 1. The highest BCUT2D eigenvalue weighted by atomic mass is 19.3. The summed E-state index contributed by atoms with van der Waals surface area (Å²) in [5, 5.41) is 6.65. The molecule has 0 aromatic carbocycles. The summed E-state index contributed by atoms with van der Waals surface area (Å²) in [5.41, 5.74) is 1.88. The number of rotatable bonds is 5. The van der Waals surface area contributed by atoms with Gasteiger partial charge in [0, 0.05) is 32.0 Å². The van der Waals surface area contributed by atoms with Crippen molar-refractivity contribution < 1.29 is 13.5 Å². The van der Waals surface area contributed by atoms with Crippen molar-refractivity contribution in [3.8, 4) is 11.4 Å². The fraction of sp³-hybridized carbons (Fsp3) is 0.333. The zero-order valence-electron chi connectivity index (χ0n) is 14.2. The quantitative estimate of drug-likeness (QED) is 0.733. The molecule has 0 saturated carbocycles.